The highest BCUT2D eigenvalue weighted by atomic mass is 28.3. The predicted molar refractivity (Wildman–Crippen MR) is 193 cm³/mol. The number of ether oxygens (including phenoxy) is 4. The molecule has 0 amide bonds. The number of Topliss-reactive ketones (excluding diaryl/α,β-unsaturated/α-hetero) is 1. The quantitative estimate of drug-likeness (QED) is 0.127. The minimum atomic E-state index is -2.04. The fraction of sp³-hybridized carbons (Fsp3) is 0.875. The van der Waals surface area contributed by atoms with E-state index in [-0.39, 0.29) is 75.7 Å². The third-order valence-electron chi connectivity index (χ3n) is 14.2. The maximum absolute atomic E-state index is 14.7. The smallest absolute Gasteiger partial charge is 0.303 e. The van der Waals surface area contributed by atoms with Crippen LogP contribution < -0.4 is 0 Å². The minimum Gasteiger partial charge on any atom is -0.459 e. The summed E-state index contributed by atoms with van der Waals surface area (Å²) in [4.78, 5) is 64.3. The molecule has 0 aromatic carbocycles. The molecule has 9 nitrogen and oxygen atoms in total. The van der Waals surface area contributed by atoms with Gasteiger partial charge in [-0.15, -0.1) is 0 Å². The summed E-state index contributed by atoms with van der Waals surface area (Å²) in [5, 5.41) is 0. The highest BCUT2D eigenvalue weighted by Gasteiger charge is 2.65. The standard InChI is InChI=1S/C40H66O9Si/c1-21(2)22(3)36(48-26(7)43)37(49-27(8)44)23(4)29-14-15-30-28-18-33(45)38(50(11,12)13)32-19-34(46-24(5)41)35(47-25(6)42)20-40(32,10)31(28)16-17-39(29,30)9/h21-23,28-32,34-38H,14-20H2,1-13H3/t22-,23-,28-,29+,30-,31-,32+,34-,35+,36+,37+,38?,39+,40+/m0/s1. The molecule has 0 heterocycles. The van der Waals surface area contributed by atoms with Gasteiger partial charge in [-0.05, 0) is 90.8 Å². The molecule has 14 atom stereocenters. The second-order valence-corrected chi connectivity index (χ2v) is 23.9. The van der Waals surface area contributed by atoms with Gasteiger partial charge >= 0.3 is 23.9 Å². The Hall–Kier alpha value is -2.23. The number of carbonyl (C=O) groups excluding carboxylic acids is 5. The Morgan fingerprint density at radius 3 is 1.78 bits per heavy atom. The molecule has 0 aromatic heterocycles. The largest absolute Gasteiger partial charge is 0.459 e. The van der Waals surface area contributed by atoms with E-state index in [1.54, 1.807) is 0 Å². The summed E-state index contributed by atoms with van der Waals surface area (Å²) in [6.07, 6.45) is 3.21. The summed E-state index contributed by atoms with van der Waals surface area (Å²) >= 11 is 0. The van der Waals surface area contributed by atoms with Crippen LogP contribution in [0.4, 0.5) is 0 Å². The molecule has 284 valence electrons. The first-order valence-corrected chi connectivity index (χ1v) is 22.8. The van der Waals surface area contributed by atoms with Crippen LogP contribution in [0.2, 0.25) is 25.2 Å². The van der Waals surface area contributed by atoms with E-state index in [1.807, 2.05) is 0 Å². The summed E-state index contributed by atoms with van der Waals surface area (Å²) in [5.74, 6) is -0.123. The normalized spacial score (nSPS) is 37.9. The molecule has 4 aliphatic rings. The van der Waals surface area contributed by atoms with Gasteiger partial charge in [-0.2, -0.15) is 0 Å². The van der Waals surface area contributed by atoms with Crippen molar-refractivity contribution in [1.82, 2.24) is 0 Å². The predicted octanol–water partition coefficient (Wildman–Crippen LogP) is 7.80. The molecular formula is C40H66O9Si. The molecule has 4 fully saturated rings. The van der Waals surface area contributed by atoms with Gasteiger partial charge < -0.3 is 18.9 Å². The van der Waals surface area contributed by atoms with Crippen molar-refractivity contribution in [3.05, 3.63) is 0 Å². The molecule has 0 aliphatic heterocycles. The van der Waals surface area contributed by atoms with E-state index >= 15 is 0 Å². The van der Waals surface area contributed by atoms with E-state index in [9.17, 15) is 24.0 Å². The third kappa shape index (κ3) is 7.90. The highest BCUT2D eigenvalue weighted by molar-refractivity contribution is 6.80. The lowest BCUT2D eigenvalue weighted by Crippen LogP contribution is -2.57. The Bertz CT molecular complexity index is 1310. The summed E-state index contributed by atoms with van der Waals surface area (Å²) < 4.78 is 23.8. The molecule has 0 aromatic rings. The minimum absolute atomic E-state index is 0.0198. The van der Waals surface area contributed by atoms with E-state index in [0.717, 1.165) is 25.7 Å². The van der Waals surface area contributed by atoms with Crippen LogP contribution in [0.5, 0.6) is 0 Å². The van der Waals surface area contributed by atoms with Crippen molar-refractivity contribution in [2.24, 2.45) is 58.2 Å². The van der Waals surface area contributed by atoms with Gasteiger partial charge in [0.2, 0.25) is 0 Å². The van der Waals surface area contributed by atoms with Crippen molar-refractivity contribution in [2.75, 3.05) is 0 Å². The lowest BCUT2D eigenvalue weighted by molar-refractivity contribution is -0.187. The molecule has 10 heteroatoms. The number of hydrogen-bond donors (Lipinski definition) is 0. The number of esters is 4. The van der Waals surface area contributed by atoms with E-state index in [0.29, 0.717) is 31.0 Å². The molecule has 0 saturated heterocycles. The zero-order chi connectivity index (χ0) is 37.7. The van der Waals surface area contributed by atoms with Gasteiger partial charge in [-0.25, -0.2) is 0 Å². The van der Waals surface area contributed by atoms with Crippen LogP contribution in [0.3, 0.4) is 0 Å². The van der Waals surface area contributed by atoms with Crippen LogP contribution in [0, 0.1) is 58.2 Å². The zero-order valence-corrected chi connectivity index (χ0v) is 34.1. The van der Waals surface area contributed by atoms with Crippen molar-refractivity contribution in [1.29, 1.82) is 0 Å². The second kappa shape index (κ2) is 15.0. The molecule has 50 heavy (non-hydrogen) atoms. The maximum Gasteiger partial charge on any atom is 0.303 e. The first-order chi connectivity index (χ1) is 23.0. The molecule has 0 spiro atoms. The molecule has 4 rings (SSSR count). The van der Waals surface area contributed by atoms with Crippen LogP contribution in [-0.2, 0) is 42.9 Å². The fourth-order valence-corrected chi connectivity index (χ4v) is 14.7. The monoisotopic (exact) mass is 718 g/mol. The Morgan fingerprint density at radius 1 is 0.720 bits per heavy atom. The summed E-state index contributed by atoms with van der Waals surface area (Å²) in [6.45, 7) is 25.7. The number of hydrogen-bond acceptors (Lipinski definition) is 9. The first-order valence-electron chi connectivity index (χ1n) is 19.2. The Labute approximate surface area is 302 Å². The van der Waals surface area contributed by atoms with E-state index in [2.05, 4.69) is 61.2 Å². The molecule has 1 unspecified atom stereocenters. The average molecular weight is 719 g/mol. The van der Waals surface area contributed by atoms with Crippen LogP contribution >= 0.6 is 0 Å². The Kier molecular flexibility index (Phi) is 12.2. The van der Waals surface area contributed by atoms with Crippen molar-refractivity contribution in [2.45, 2.75) is 164 Å². The molecule has 0 radical (unpaired) electrons. The Morgan fingerprint density at radius 2 is 1.26 bits per heavy atom. The lowest BCUT2D eigenvalue weighted by Gasteiger charge is -2.58. The second-order valence-electron chi connectivity index (χ2n) is 18.6. The molecule has 0 bridgehead atoms. The van der Waals surface area contributed by atoms with Crippen molar-refractivity contribution < 1.29 is 42.9 Å². The molecule has 4 aliphatic carbocycles. The van der Waals surface area contributed by atoms with Crippen molar-refractivity contribution in [3.8, 4) is 0 Å². The number of fused-ring (bicyclic) bond motifs is 5. The van der Waals surface area contributed by atoms with Crippen LogP contribution in [0.15, 0.2) is 0 Å². The molecule has 0 N–H and O–H groups in total. The van der Waals surface area contributed by atoms with Gasteiger partial charge in [0.05, 0.1) is 8.07 Å². The number of rotatable bonds is 10. The average Bonchev–Trinajstić information content (AvgIpc) is 3.27. The van der Waals surface area contributed by atoms with Gasteiger partial charge in [0, 0.05) is 45.6 Å². The number of carbonyl (C=O) groups is 5. The van der Waals surface area contributed by atoms with Gasteiger partial charge in [0.25, 0.3) is 0 Å². The highest BCUT2D eigenvalue weighted by Crippen LogP contribution is 2.69. The fourth-order valence-electron chi connectivity index (χ4n) is 11.9. The van der Waals surface area contributed by atoms with Gasteiger partial charge in [-0.3, -0.25) is 24.0 Å². The van der Waals surface area contributed by atoms with Gasteiger partial charge in [0.15, 0.2) is 0 Å². The Balaban J connectivity index is 1.75. The summed E-state index contributed by atoms with van der Waals surface area (Å²) in [6, 6.07) is 0. The molecular weight excluding hydrogens is 653 g/mol. The van der Waals surface area contributed by atoms with Crippen molar-refractivity contribution in [3.63, 3.8) is 0 Å². The topological polar surface area (TPSA) is 122 Å². The molecule has 4 saturated carbocycles. The maximum atomic E-state index is 14.7. The van der Waals surface area contributed by atoms with E-state index in [4.69, 9.17) is 18.9 Å². The SMILES string of the molecule is CC(=O)O[C@H]([C@@H](C)[C@H]1CC[C@H]2[C@@H]3CC(=O)C([Si](C)(C)C)[C@H]4C[C@H](OC(C)=O)[C@H](OC(C)=O)C[C@]4(C)[C@H]3CC[C@]12C)[C@H](OC(C)=O)[C@@H](C)C(C)C. The van der Waals surface area contributed by atoms with Gasteiger partial charge in [-0.1, -0.05) is 61.2 Å². The third-order valence-corrected chi connectivity index (χ3v) is 16.7. The zero-order valence-electron chi connectivity index (χ0n) is 33.1. The number of ketones is 1. The van der Waals surface area contributed by atoms with E-state index < -0.39 is 38.5 Å². The lowest BCUT2D eigenvalue weighted by atomic mass is 9.48. The van der Waals surface area contributed by atoms with Gasteiger partial charge in [0.1, 0.15) is 30.2 Å². The summed E-state index contributed by atoms with van der Waals surface area (Å²) in [7, 11) is -2.04. The summed E-state index contributed by atoms with van der Waals surface area (Å²) in [5.41, 5.74) is -0.472. The van der Waals surface area contributed by atoms with Crippen LogP contribution in [0.25, 0.3) is 0 Å². The van der Waals surface area contributed by atoms with Crippen molar-refractivity contribution >= 4 is 37.7 Å². The van der Waals surface area contributed by atoms with Crippen LogP contribution in [-0.4, -0.2) is 62.2 Å². The van der Waals surface area contributed by atoms with Crippen LogP contribution in [0.1, 0.15) is 114 Å². The van der Waals surface area contributed by atoms with E-state index in [1.165, 1.54) is 27.7 Å². The first kappa shape index (κ1) is 40.5.